The fourth-order valence-electron chi connectivity index (χ4n) is 1.33. The van der Waals surface area contributed by atoms with E-state index in [0.717, 1.165) is 16.7 Å². The fourth-order valence-corrected chi connectivity index (χ4v) is 2.18. The SMILES string of the molecule is CCOC(=O)CC1=Nn2c(C)nnc2SC1. The Hall–Kier alpha value is -1.37. The van der Waals surface area contributed by atoms with Gasteiger partial charge in [0, 0.05) is 5.75 Å². The molecule has 0 aliphatic carbocycles. The highest BCUT2D eigenvalue weighted by Gasteiger charge is 2.18. The highest BCUT2D eigenvalue weighted by molar-refractivity contribution is 7.99. The second-order valence-corrected chi connectivity index (χ2v) is 4.22. The van der Waals surface area contributed by atoms with Crippen molar-refractivity contribution in [2.24, 2.45) is 5.10 Å². The second kappa shape index (κ2) is 4.65. The topological polar surface area (TPSA) is 69.4 Å². The third-order valence-corrected chi connectivity index (χ3v) is 3.02. The number of nitrogens with zero attached hydrogens (tertiary/aromatic N) is 4. The van der Waals surface area contributed by atoms with Crippen LogP contribution in [0.3, 0.4) is 0 Å². The monoisotopic (exact) mass is 240 g/mol. The van der Waals surface area contributed by atoms with Crippen LogP contribution in [0.4, 0.5) is 0 Å². The van der Waals surface area contributed by atoms with Gasteiger partial charge in [-0.05, 0) is 13.8 Å². The maximum Gasteiger partial charge on any atom is 0.311 e. The average Bonchev–Trinajstić information content (AvgIpc) is 2.61. The molecule has 2 heterocycles. The van der Waals surface area contributed by atoms with Gasteiger partial charge in [-0.15, -0.1) is 10.2 Å². The first-order chi connectivity index (χ1) is 7.70. The lowest BCUT2D eigenvalue weighted by atomic mass is 10.3. The molecule has 0 radical (unpaired) electrons. The first-order valence-corrected chi connectivity index (χ1v) is 5.96. The van der Waals surface area contributed by atoms with E-state index in [1.807, 2.05) is 6.92 Å². The summed E-state index contributed by atoms with van der Waals surface area (Å²) >= 11 is 1.53. The molecule has 0 fully saturated rings. The molecular weight excluding hydrogens is 228 g/mol. The fraction of sp³-hybridized carbons (Fsp3) is 0.556. The summed E-state index contributed by atoms with van der Waals surface area (Å²) < 4.78 is 6.53. The standard InChI is InChI=1S/C9H12N4O2S/c1-3-15-8(14)4-7-5-16-9-11-10-6(2)13(9)12-7/h3-5H2,1-2H3. The Morgan fingerprint density at radius 1 is 1.56 bits per heavy atom. The summed E-state index contributed by atoms with van der Waals surface area (Å²) in [4.78, 5) is 11.3. The zero-order valence-electron chi connectivity index (χ0n) is 9.13. The minimum Gasteiger partial charge on any atom is -0.466 e. The minimum atomic E-state index is -0.240. The van der Waals surface area contributed by atoms with E-state index in [1.165, 1.54) is 11.8 Å². The molecular formula is C9H12N4O2S. The zero-order chi connectivity index (χ0) is 11.5. The molecule has 86 valence electrons. The van der Waals surface area contributed by atoms with Crippen LogP contribution in [0.1, 0.15) is 19.2 Å². The molecule has 1 aromatic rings. The lowest BCUT2D eigenvalue weighted by molar-refractivity contribution is -0.141. The highest BCUT2D eigenvalue weighted by Crippen LogP contribution is 2.22. The van der Waals surface area contributed by atoms with Gasteiger partial charge in [-0.25, -0.2) is 0 Å². The van der Waals surface area contributed by atoms with Crippen molar-refractivity contribution < 1.29 is 9.53 Å². The van der Waals surface area contributed by atoms with Crippen molar-refractivity contribution in [3.8, 4) is 0 Å². The smallest absolute Gasteiger partial charge is 0.311 e. The number of thioether (sulfide) groups is 1. The summed E-state index contributed by atoms with van der Waals surface area (Å²) in [6.07, 6.45) is 0.234. The van der Waals surface area contributed by atoms with Gasteiger partial charge in [0.05, 0.1) is 18.7 Å². The Bertz CT molecular complexity index is 441. The van der Waals surface area contributed by atoms with Crippen LogP contribution in [-0.2, 0) is 9.53 Å². The zero-order valence-corrected chi connectivity index (χ0v) is 9.95. The number of hydrogen-bond donors (Lipinski definition) is 0. The van der Waals surface area contributed by atoms with Gasteiger partial charge >= 0.3 is 5.97 Å². The quantitative estimate of drug-likeness (QED) is 0.732. The van der Waals surface area contributed by atoms with E-state index in [-0.39, 0.29) is 12.4 Å². The predicted octanol–water partition coefficient (Wildman–Crippen LogP) is 0.850. The maximum atomic E-state index is 11.3. The summed E-state index contributed by atoms with van der Waals surface area (Å²) in [5, 5.41) is 13.0. The Labute approximate surface area is 97.1 Å². The van der Waals surface area contributed by atoms with Gasteiger partial charge in [0.1, 0.15) is 0 Å². The van der Waals surface area contributed by atoms with E-state index in [4.69, 9.17) is 4.74 Å². The van der Waals surface area contributed by atoms with Gasteiger partial charge < -0.3 is 4.74 Å². The van der Waals surface area contributed by atoms with Crippen LogP contribution in [-0.4, -0.2) is 38.9 Å². The number of carbonyl (C=O) groups is 1. The number of aromatic nitrogens is 3. The van der Waals surface area contributed by atoms with Gasteiger partial charge in [-0.3, -0.25) is 4.79 Å². The van der Waals surface area contributed by atoms with Crippen molar-refractivity contribution in [2.75, 3.05) is 12.4 Å². The molecule has 6 nitrogen and oxygen atoms in total. The maximum absolute atomic E-state index is 11.3. The Morgan fingerprint density at radius 2 is 2.38 bits per heavy atom. The van der Waals surface area contributed by atoms with Crippen molar-refractivity contribution in [1.29, 1.82) is 0 Å². The van der Waals surface area contributed by atoms with Crippen LogP contribution in [0.5, 0.6) is 0 Å². The summed E-state index contributed by atoms with van der Waals surface area (Å²) in [6, 6.07) is 0. The van der Waals surface area contributed by atoms with Gasteiger partial charge in [-0.1, -0.05) is 11.8 Å². The first-order valence-electron chi connectivity index (χ1n) is 4.98. The van der Waals surface area contributed by atoms with Crippen molar-refractivity contribution in [3.63, 3.8) is 0 Å². The molecule has 0 aromatic carbocycles. The number of fused-ring (bicyclic) bond motifs is 1. The number of esters is 1. The normalized spacial score (nSPS) is 14.2. The predicted molar refractivity (Wildman–Crippen MR) is 59.6 cm³/mol. The van der Waals surface area contributed by atoms with E-state index in [2.05, 4.69) is 15.3 Å². The molecule has 1 aromatic heterocycles. The van der Waals surface area contributed by atoms with Crippen LogP contribution in [0.25, 0.3) is 0 Å². The molecule has 0 N–H and O–H groups in total. The third kappa shape index (κ3) is 2.24. The first kappa shape index (κ1) is 11.1. The molecule has 0 unspecified atom stereocenters. The molecule has 16 heavy (non-hydrogen) atoms. The van der Waals surface area contributed by atoms with E-state index in [0.29, 0.717) is 12.4 Å². The molecule has 0 atom stereocenters. The number of rotatable bonds is 3. The van der Waals surface area contributed by atoms with Crippen molar-refractivity contribution in [1.82, 2.24) is 14.9 Å². The van der Waals surface area contributed by atoms with Crippen molar-refractivity contribution >= 4 is 23.4 Å². The Morgan fingerprint density at radius 3 is 3.12 bits per heavy atom. The van der Waals surface area contributed by atoms with E-state index in [9.17, 15) is 4.79 Å². The van der Waals surface area contributed by atoms with Gasteiger partial charge in [-0.2, -0.15) is 9.78 Å². The van der Waals surface area contributed by atoms with E-state index in [1.54, 1.807) is 11.6 Å². The molecule has 0 amide bonds. The van der Waals surface area contributed by atoms with Crippen LogP contribution < -0.4 is 0 Å². The summed E-state index contributed by atoms with van der Waals surface area (Å²) in [6.45, 7) is 4.02. The lowest BCUT2D eigenvalue weighted by Crippen LogP contribution is -2.18. The Balaban J connectivity index is 2.11. The minimum absolute atomic E-state index is 0.234. The molecule has 1 aliphatic heterocycles. The third-order valence-electron chi connectivity index (χ3n) is 2.03. The van der Waals surface area contributed by atoms with Gasteiger partial charge in [0.25, 0.3) is 0 Å². The molecule has 0 spiro atoms. The number of carbonyl (C=O) groups excluding carboxylic acids is 1. The molecule has 1 aliphatic rings. The molecule has 0 saturated heterocycles. The van der Waals surface area contributed by atoms with Crippen LogP contribution in [0.2, 0.25) is 0 Å². The van der Waals surface area contributed by atoms with Crippen LogP contribution >= 0.6 is 11.8 Å². The van der Waals surface area contributed by atoms with Crippen LogP contribution in [0.15, 0.2) is 10.3 Å². The molecule has 0 bridgehead atoms. The molecule has 2 rings (SSSR count). The van der Waals surface area contributed by atoms with E-state index < -0.39 is 0 Å². The van der Waals surface area contributed by atoms with Gasteiger partial charge in [0.2, 0.25) is 5.16 Å². The number of aryl methyl sites for hydroxylation is 1. The largest absolute Gasteiger partial charge is 0.466 e. The number of hydrogen-bond acceptors (Lipinski definition) is 6. The highest BCUT2D eigenvalue weighted by atomic mass is 32.2. The number of ether oxygens (including phenoxy) is 1. The average molecular weight is 240 g/mol. The Kier molecular flexibility index (Phi) is 3.23. The molecule has 7 heteroatoms. The summed E-state index contributed by atoms with van der Waals surface area (Å²) in [7, 11) is 0. The summed E-state index contributed by atoms with van der Waals surface area (Å²) in [5.41, 5.74) is 0.791. The van der Waals surface area contributed by atoms with Crippen LogP contribution in [0, 0.1) is 6.92 Å². The van der Waals surface area contributed by atoms with Crippen molar-refractivity contribution in [2.45, 2.75) is 25.4 Å². The van der Waals surface area contributed by atoms with E-state index >= 15 is 0 Å². The molecule has 0 saturated carbocycles. The van der Waals surface area contributed by atoms with Crippen molar-refractivity contribution in [3.05, 3.63) is 5.82 Å². The van der Waals surface area contributed by atoms with Gasteiger partial charge in [0.15, 0.2) is 5.82 Å². The summed E-state index contributed by atoms with van der Waals surface area (Å²) in [5.74, 6) is 1.15. The lowest BCUT2D eigenvalue weighted by Gasteiger charge is -2.12. The second-order valence-electron chi connectivity index (χ2n) is 3.28.